The van der Waals surface area contributed by atoms with Gasteiger partial charge in [0.1, 0.15) is 0 Å². The van der Waals surface area contributed by atoms with Crippen LogP contribution >= 0.6 is 11.3 Å². The van der Waals surface area contributed by atoms with Crippen molar-refractivity contribution >= 4 is 11.3 Å². The maximum atomic E-state index is 4.83. The van der Waals surface area contributed by atoms with Crippen LogP contribution in [0.5, 0.6) is 0 Å². The third-order valence-electron chi connectivity index (χ3n) is 2.99. The van der Waals surface area contributed by atoms with E-state index >= 15 is 0 Å². The number of hydrogen-bond acceptors (Lipinski definition) is 3. The highest BCUT2D eigenvalue weighted by atomic mass is 32.1. The van der Waals surface area contributed by atoms with Gasteiger partial charge in [-0.05, 0) is 12.8 Å². The summed E-state index contributed by atoms with van der Waals surface area (Å²) in [4.78, 5) is 6.27. The van der Waals surface area contributed by atoms with E-state index in [9.17, 15) is 0 Å². The minimum atomic E-state index is 0.540. The molecule has 1 heterocycles. The fourth-order valence-electron chi connectivity index (χ4n) is 1.66. The SMILES string of the molecule is CCCc1nc(C(C)CC)sc1CNC(C)C. The second kappa shape index (κ2) is 7.12. The summed E-state index contributed by atoms with van der Waals surface area (Å²) in [5.41, 5.74) is 1.32. The Balaban J connectivity index is 2.80. The lowest BCUT2D eigenvalue weighted by Gasteiger charge is -2.07. The van der Waals surface area contributed by atoms with Gasteiger partial charge in [-0.2, -0.15) is 0 Å². The van der Waals surface area contributed by atoms with E-state index in [1.54, 1.807) is 0 Å². The molecule has 0 radical (unpaired) electrons. The molecule has 1 atom stereocenters. The molecule has 0 aliphatic carbocycles. The molecular weight excluding hydrogens is 228 g/mol. The Morgan fingerprint density at radius 1 is 1.24 bits per heavy atom. The van der Waals surface area contributed by atoms with Gasteiger partial charge in [-0.15, -0.1) is 11.3 Å². The van der Waals surface area contributed by atoms with Crippen LogP contribution in [0, 0.1) is 0 Å². The van der Waals surface area contributed by atoms with Crippen molar-refractivity contribution in [3.05, 3.63) is 15.6 Å². The molecule has 0 aromatic carbocycles. The van der Waals surface area contributed by atoms with Crippen LogP contribution in [0.15, 0.2) is 0 Å². The highest BCUT2D eigenvalue weighted by Gasteiger charge is 2.14. The zero-order valence-electron chi connectivity index (χ0n) is 11.8. The van der Waals surface area contributed by atoms with E-state index < -0.39 is 0 Å². The van der Waals surface area contributed by atoms with Gasteiger partial charge >= 0.3 is 0 Å². The van der Waals surface area contributed by atoms with Crippen molar-refractivity contribution in [2.24, 2.45) is 0 Å². The Labute approximate surface area is 110 Å². The minimum absolute atomic E-state index is 0.540. The van der Waals surface area contributed by atoms with Gasteiger partial charge in [0.2, 0.25) is 0 Å². The molecule has 1 N–H and O–H groups in total. The van der Waals surface area contributed by atoms with Crippen molar-refractivity contribution in [2.45, 2.75) is 72.4 Å². The summed E-state index contributed by atoms with van der Waals surface area (Å²) in [6.07, 6.45) is 3.47. The molecule has 0 saturated heterocycles. The van der Waals surface area contributed by atoms with E-state index in [1.165, 1.54) is 28.4 Å². The lowest BCUT2D eigenvalue weighted by Crippen LogP contribution is -2.21. The average Bonchev–Trinajstić information content (AvgIpc) is 2.69. The van der Waals surface area contributed by atoms with Crippen LogP contribution in [0.2, 0.25) is 0 Å². The molecule has 0 amide bonds. The first-order valence-electron chi connectivity index (χ1n) is 6.80. The fourth-order valence-corrected chi connectivity index (χ4v) is 2.85. The van der Waals surface area contributed by atoms with Crippen LogP contribution < -0.4 is 5.32 Å². The zero-order chi connectivity index (χ0) is 12.8. The van der Waals surface area contributed by atoms with Gasteiger partial charge in [0.25, 0.3) is 0 Å². The molecule has 0 spiro atoms. The second-order valence-electron chi connectivity index (χ2n) is 5.02. The largest absolute Gasteiger partial charge is 0.310 e. The molecule has 1 unspecified atom stereocenters. The summed E-state index contributed by atoms with van der Waals surface area (Å²) in [5.74, 6) is 0.600. The summed E-state index contributed by atoms with van der Waals surface area (Å²) in [7, 11) is 0. The second-order valence-corrected chi connectivity index (χ2v) is 6.13. The van der Waals surface area contributed by atoms with Gasteiger partial charge < -0.3 is 5.32 Å². The third-order valence-corrected chi connectivity index (χ3v) is 4.32. The highest BCUT2D eigenvalue weighted by Crippen LogP contribution is 2.27. The predicted molar refractivity (Wildman–Crippen MR) is 76.8 cm³/mol. The van der Waals surface area contributed by atoms with Crippen LogP contribution in [0.4, 0.5) is 0 Å². The molecule has 0 aliphatic heterocycles. The van der Waals surface area contributed by atoms with Crippen LogP contribution in [0.3, 0.4) is 0 Å². The molecule has 1 rings (SSSR count). The van der Waals surface area contributed by atoms with Gasteiger partial charge in [-0.1, -0.05) is 41.0 Å². The van der Waals surface area contributed by atoms with Crippen molar-refractivity contribution in [1.82, 2.24) is 10.3 Å². The normalized spacial score (nSPS) is 13.3. The Hall–Kier alpha value is -0.410. The minimum Gasteiger partial charge on any atom is -0.310 e. The summed E-state index contributed by atoms with van der Waals surface area (Å²) >= 11 is 1.90. The number of aryl methyl sites for hydroxylation is 1. The summed E-state index contributed by atoms with van der Waals surface area (Å²) in [6, 6.07) is 0.540. The Kier molecular flexibility index (Phi) is 6.14. The lowest BCUT2D eigenvalue weighted by molar-refractivity contribution is 0.589. The van der Waals surface area contributed by atoms with Crippen molar-refractivity contribution in [3.63, 3.8) is 0 Å². The molecule has 0 aliphatic rings. The fraction of sp³-hybridized carbons (Fsp3) is 0.786. The van der Waals surface area contributed by atoms with Gasteiger partial charge in [0.15, 0.2) is 0 Å². The number of aromatic nitrogens is 1. The van der Waals surface area contributed by atoms with E-state index in [2.05, 4.69) is 39.9 Å². The topological polar surface area (TPSA) is 24.9 Å². The standard InChI is InChI=1S/C14H26N2S/c1-6-8-12-13(9-15-10(3)4)17-14(16-12)11(5)7-2/h10-11,15H,6-9H2,1-5H3. The Morgan fingerprint density at radius 3 is 2.47 bits per heavy atom. The molecule has 0 saturated carbocycles. The molecule has 3 heteroatoms. The molecule has 98 valence electrons. The molecule has 0 fully saturated rings. The summed E-state index contributed by atoms with van der Waals surface area (Å²) in [5, 5.41) is 4.82. The first kappa shape index (κ1) is 14.7. The average molecular weight is 254 g/mol. The molecule has 17 heavy (non-hydrogen) atoms. The number of rotatable bonds is 7. The molecule has 2 nitrogen and oxygen atoms in total. The number of nitrogens with zero attached hydrogens (tertiary/aromatic N) is 1. The van der Waals surface area contributed by atoms with Crippen molar-refractivity contribution in [3.8, 4) is 0 Å². The van der Waals surface area contributed by atoms with Crippen LogP contribution in [-0.4, -0.2) is 11.0 Å². The van der Waals surface area contributed by atoms with Crippen molar-refractivity contribution < 1.29 is 0 Å². The number of thiazole rings is 1. The Morgan fingerprint density at radius 2 is 1.94 bits per heavy atom. The molecular formula is C14H26N2S. The molecule has 1 aromatic heterocycles. The molecule has 1 aromatic rings. The molecule has 0 bridgehead atoms. The van der Waals surface area contributed by atoms with E-state index in [0.29, 0.717) is 12.0 Å². The number of hydrogen-bond donors (Lipinski definition) is 1. The van der Waals surface area contributed by atoms with Crippen molar-refractivity contribution in [2.75, 3.05) is 0 Å². The highest BCUT2D eigenvalue weighted by molar-refractivity contribution is 7.11. The van der Waals surface area contributed by atoms with E-state index in [-0.39, 0.29) is 0 Å². The van der Waals surface area contributed by atoms with Crippen LogP contribution in [0.25, 0.3) is 0 Å². The first-order chi connectivity index (χ1) is 8.08. The van der Waals surface area contributed by atoms with Gasteiger partial charge in [0.05, 0.1) is 10.7 Å². The van der Waals surface area contributed by atoms with E-state index in [0.717, 1.165) is 13.0 Å². The van der Waals surface area contributed by atoms with E-state index in [4.69, 9.17) is 4.98 Å². The van der Waals surface area contributed by atoms with Gasteiger partial charge in [-0.25, -0.2) is 4.98 Å². The lowest BCUT2D eigenvalue weighted by atomic mass is 10.1. The Bertz CT molecular complexity index is 331. The number of nitrogens with one attached hydrogen (secondary N) is 1. The first-order valence-corrected chi connectivity index (χ1v) is 7.61. The smallest absolute Gasteiger partial charge is 0.0959 e. The third kappa shape index (κ3) is 4.40. The van der Waals surface area contributed by atoms with Crippen LogP contribution in [0.1, 0.15) is 69.0 Å². The van der Waals surface area contributed by atoms with Crippen LogP contribution in [-0.2, 0) is 13.0 Å². The quantitative estimate of drug-likeness (QED) is 0.792. The maximum Gasteiger partial charge on any atom is 0.0959 e. The maximum absolute atomic E-state index is 4.83. The summed E-state index contributed by atoms with van der Waals surface area (Å²) in [6.45, 7) is 12.1. The monoisotopic (exact) mass is 254 g/mol. The van der Waals surface area contributed by atoms with Crippen molar-refractivity contribution in [1.29, 1.82) is 0 Å². The van der Waals surface area contributed by atoms with Gasteiger partial charge in [-0.3, -0.25) is 0 Å². The zero-order valence-corrected chi connectivity index (χ0v) is 12.7. The van der Waals surface area contributed by atoms with Gasteiger partial charge in [0, 0.05) is 23.4 Å². The van der Waals surface area contributed by atoms with E-state index in [1.807, 2.05) is 11.3 Å². The predicted octanol–water partition coefficient (Wildman–Crippen LogP) is 4.11. The summed E-state index contributed by atoms with van der Waals surface area (Å²) < 4.78 is 0.